The van der Waals surface area contributed by atoms with E-state index in [1.807, 2.05) is 0 Å². The van der Waals surface area contributed by atoms with Crippen molar-refractivity contribution in [2.24, 2.45) is 0 Å². The Labute approximate surface area is 202 Å². The SMILES string of the molecule is CC(C)(C)c1ccc(-c2ccc3ccc4ccc(-c5ccc(C(C)(C)C)cc5)nc4c3n2)cc1. The molecule has 0 radical (unpaired) electrons. The fourth-order valence-electron chi connectivity index (χ4n) is 4.37. The first-order chi connectivity index (χ1) is 16.1. The molecule has 2 aromatic heterocycles. The molecule has 5 aromatic rings. The topological polar surface area (TPSA) is 25.8 Å². The van der Waals surface area contributed by atoms with Gasteiger partial charge in [-0.25, -0.2) is 9.97 Å². The van der Waals surface area contributed by atoms with Crippen LogP contribution < -0.4 is 0 Å². The van der Waals surface area contributed by atoms with Crippen molar-refractivity contribution in [3.05, 3.63) is 96.1 Å². The van der Waals surface area contributed by atoms with Crippen molar-refractivity contribution >= 4 is 21.8 Å². The minimum atomic E-state index is 0.136. The van der Waals surface area contributed by atoms with E-state index in [1.165, 1.54) is 11.1 Å². The van der Waals surface area contributed by atoms with Gasteiger partial charge >= 0.3 is 0 Å². The van der Waals surface area contributed by atoms with Crippen molar-refractivity contribution in [3.8, 4) is 22.5 Å². The predicted molar refractivity (Wildman–Crippen MR) is 145 cm³/mol. The Kier molecular flexibility index (Phi) is 5.28. The van der Waals surface area contributed by atoms with Crippen molar-refractivity contribution in [3.63, 3.8) is 0 Å². The molecule has 0 bridgehead atoms. The zero-order valence-corrected chi connectivity index (χ0v) is 21.0. The average molecular weight is 445 g/mol. The van der Waals surface area contributed by atoms with E-state index in [4.69, 9.17) is 9.97 Å². The summed E-state index contributed by atoms with van der Waals surface area (Å²) >= 11 is 0. The lowest BCUT2D eigenvalue weighted by atomic mass is 9.86. The first-order valence-corrected chi connectivity index (χ1v) is 12.0. The highest BCUT2D eigenvalue weighted by Gasteiger charge is 2.15. The molecule has 0 atom stereocenters. The summed E-state index contributed by atoms with van der Waals surface area (Å²) in [6, 6.07) is 30.3. The van der Waals surface area contributed by atoms with Crippen LogP contribution in [0.15, 0.2) is 84.9 Å². The van der Waals surface area contributed by atoms with Gasteiger partial charge in [0, 0.05) is 21.9 Å². The number of aromatic nitrogens is 2. The highest BCUT2D eigenvalue weighted by molar-refractivity contribution is 6.04. The third-order valence-electron chi connectivity index (χ3n) is 6.61. The first kappa shape index (κ1) is 22.3. The van der Waals surface area contributed by atoms with Crippen molar-refractivity contribution < 1.29 is 0 Å². The Bertz CT molecular complexity index is 1360. The summed E-state index contributed by atoms with van der Waals surface area (Å²) in [5.41, 5.74) is 9.02. The highest BCUT2D eigenvalue weighted by Crippen LogP contribution is 2.31. The number of hydrogen-bond donors (Lipinski definition) is 0. The Morgan fingerprint density at radius 3 is 1.06 bits per heavy atom. The average Bonchev–Trinajstić information content (AvgIpc) is 2.82. The number of hydrogen-bond acceptors (Lipinski definition) is 2. The molecule has 0 spiro atoms. The van der Waals surface area contributed by atoms with Crippen LogP contribution in [0.5, 0.6) is 0 Å². The molecule has 170 valence electrons. The summed E-state index contributed by atoms with van der Waals surface area (Å²) in [7, 11) is 0. The zero-order chi connectivity index (χ0) is 24.1. The van der Waals surface area contributed by atoms with Gasteiger partial charge in [-0.1, -0.05) is 114 Å². The summed E-state index contributed by atoms with van der Waals surface area (Å²) in [6.07, 6.45) is 0. The lowest BCUT2D eigenvalue weighted by Crippen LogP contribution is -2.10. The Morgan fingerprint density at radius 2 is 0.735 bits per heavy atom. The van der Waals surface area contributed by atoms with Crippen LogP contribution in [0.3, 0.4) is 0 Å². The molecule has 0 aliphatic rings. The van der Waals surface area contributed by atoms with Crippen molar-refractivity contribution in [2.45, 2.75) is 52.4 Å². The molecule has 0 fully saturated rings. The first-order valence-electron chi connectivity index (χ1n) is 12.0. The quantitative estimate of drug-likeness (QED) is 0.254. The third-order valence-corrected chi connectivity index (χ3v) is 6.61. The summed E-state index contributed by atoms with van der Waals surface area (Å²) in [4.78, 5) is 10.2. The second kappa shape index (κ2) is 8.06. The van der Waals surface area contributed by atoms with E-state index in [0.29, 0.717) is 0 Å². The van der Waals surface area contributed by atoms with Gasteiger partial charge in [0.25, 0.3) is 0 Å². The van der Waals surface area contributed by atoms with Crippen LogP contribution in [0.2, 0.25) is 0 Å². The standard InChI is InChI=1S/C32H32N2/c1-31(2,3)25-15-9-21(10-16-25)27-19-13-23-7-8-24-14-20-28(34-30(24)29(23)33-27)22-11-17-26(18-12-22)32(4,5)6/h7-20H,1-6H3. The van der Waals surface area contributed by atoms with E-state index in [0.717, 1.165) is 44.3 Å². The third kappa shape index (κ3) is 4.21. The smallest absolute Gasteiger partial charge is 0.0972 e. The molecule has 2 heterocycles. The maximum Gasteiger partial charge on any atom is 0.0972 e. The van der Waals surface area contributed by atoms with Crippen LogP contribution in [-0.4, -0.2) is 9.97 Å². The van der Waals surface area contributed by atoms with Gasteiger partial charge in [0.2, 0.25) is 0 Å². The van der Waals surface area contributed by atoms with Crippen LogP contribution in [-0.2, 0) is 10.8 Å². The molecule has 3 aromatic carbocycles. The van der Waals surface area contributed by atoms with Crippen molar-refractivity contribution in [2.75, 3.05) is 0 Å². The molecule has 0 saturated heterocycles. The molecule has 0 saturated carbocycles. The lowest BCUT2D eigenvalue weighted by molar-refractivity contribution is 0.590. The van der Waals surface area contributed by atoms with Gasteiger partial charge in [0.05, 0.1) is 22.4 Å². The molecular weight excluding hydrogens is 412 g/mol. The fourth-order valence-corrected chi connectivity index (χ4v) is 4.37. The number of rotatable bonds is 2. The molecule has 0 amide bonds. The van der Waals surface area contributed by atoms with E-state index in [2.05, 4.69) is 126 Å². The largest absolute Gasteiger partial charge is 0.245 e. The van der Waals surface area contributed by atoms with E-state index in [9.17, 15) is 0 Å². The monoisotopic (exact) mass is 444 g/mol. The van der Waals surface area contributed by atoms with Gasteiger partial charge in [-0.3, -0.25) is 0 Å². The Morgan fingerprint density at radius 1 is 0.412 bits per heavy atom. The molecule has 0 aliphatic heterocycles. The number of nitrogens with zero attached hydrogens (tertiary/aromatic N) is 2. The Balaban J connectivity index is 1.60. The van der Waals surface area contributed by atoms with E-state index in [-0.39, 0.29) is 10.8 Å². The second-order valence-corrected chi connectivity index (χ2v) is 11.3. The van der Waals surface area contributed by atoms with Crippen molar-refractivity contribution in [1.29, 1.82) is 0 Å². The van der Waals surface area contributed by atoms with Crippen molar-refractivity contribution in [1.82, 2.24) is 9.97 Å². The maximum absolute atomic E-state index is 5.08. The lowest BCUT2D eigenvalue weighted by Gasteiger charge is -2.19. The number of pyridine rings is 2. The van der Waals surface area contributed by atoms with Gasteiger partial charge in [-0.05, 0) is 34.1 Å². The molecular formula is C32H32N2. The number of fused-ring (bicyclic) bond motifs is 3. The second-order valence-electron chi connectivity index (χ2n) is 11.3. The summed E-state index contributed by atoms with van der Waals surface area (Å²) in [6.45, 7) is 13.4. The summed E-state index contributed by atoms with van der Waals surface area (Å²) in [5.74, 6) is 0. The molecule has 34 heavy (non-hydrogen) atoms. The summed E-state index contributed by atoms with van der Waals surface area (Å²) < 4.78 is 0. The molecule has 0 aliphatic carbocycles. The number of benzene rings is 3. The molecule has 0 unspecified atom stereocenters. The van der Waals surface area contributed by atoms with Crippen LogP contribution in [0, 0.1) is 0 Å². The van der Waals surface area contributed by atoms with Crippen LogP contribution in [0.25, 0.3) is 44.3 Å². The molecule has 2 nitrogen and oxygen atoms in total. The molecule has 5 rings (SSSR count). The minimum absolute atomic E-state index is 0.136. The minimum Gasteiger partial charge on any atom is -0.245 e. The maximum atomic E-state index is 5.08. The predicted octanol–water partition coefficient (Wildman–Crippen LogP) is 8.71. The Hall–Kier alpha value is -3.52. The van der Waals surface area contributed by atoms with Gasteiger partial charge in [0.1, 0.15) is 0 Å². The van der Waals surface area contributed by atoms with E-state index >= 15 is 0 Å². The molecule has 0 N–H and O–H groups in total. The zero-order valence-electron chi connectivity index (χ0n) is 21.0. The van der Waals surface area contributed by atoms with Gasteiger partial charge < -0.3 is 0 Å². The van der Waals surface area contributed by atoms with Gasteiger partial charge in [-0.15, -0.1) is 0 Å². The van der Waals surface area contributed by atoms with Gasteiger partial charge in [-0.2, -0.15) is 0 Å². The summed E-state index contributed by atoms with van der Waals surface area (Å²) in [5, 5.41) is 2.21. The van der Waals surface area contributed by atoms with E-state index in [1.54, 1.807) is 0 Å². The molecule has 2 heteroatoms. The normalized spacial score (nSPS) is 12.4. The van der Waals surface area contributed by atoms with Crippen LogP contribution in [0.1, 0.15) is 52.7 Å². The van der Waals surface area contributed by atoms with Gasteiger partial charge in [0.15, 0.2) is 0 Å². The highest BCUT2D eigenvalue weighted by atomic mass is 14.8. The van der Waals surface area contributed by atoms with E-state index < -0.39 is 0 Å². The van der Waals surface area contributed by atoms with Crippen LogP contribution >= 0.6 is 0 Å². The fraction of sp³-hybridized carbons (Fsp3) is 0.250. The van der Waals surface area contributed by atoms with Crippen LogP contribution in [0.4, 0.5) is 0 Å².